The lowest BCUT2D eigenvalue weighted by atomic mass is 10.7. The molecule has 3 heteroatoms. The summed E-state index contributed by atoms with van der Waals surface area (Å²) in [5.41, 5.74) is 0. The minimum absolute atomic E-state index is 0.421. The van der Waals surface area contributed by atoms with Crippen LogP contribution in [0.2, 0.25) is 0 Å². The molecule has 0 aromatic heterocycles. The van der Waals surface area contributed by atoms with Crippen molar-refractivity contribution < 1.29 is 9.57 Å². The van der Waals surface area contributed by atoms with Crippen molar-refractivity contribution in [3.05, 3.63) is 12.7 Å². The molecule has 0 aliphatic heterocycles. The highest BCUT2D eigenvalue weighted by Gasteiger charge is 1.86. The average Bonchev–Trinajstić information content (AvgIpc) is 1.89. The van der Waals surface area contributed by atoms with Gasteiger partial charge in [0.15, 0.2) is 0 Å². The van der Waals surface area contributed by atoms with E-state index in [-0.39, 0.29) is 0 Å². The lowest BCUT2D eigenvalue weighted by Gasteiger charge is -1.99. The number of rotatable bonds is 4. The monoisotopic (exact) mass is 143 g/mol. The van der Waals surface area contributed by atoms with Crippen LogP contribution in [0.3, 0.4) is 0 Å². The molecule has 0 N–H and O–H groups in total. The second kappa shape index (κ2) is 6.13. The van der Waals surface area contributed by atoms with Gasteiger partial charge in [-0.1, -0.05) is 17.8 Å². The molecular formula is C7H13NO2. The molecule has 0 aliphatic rings. The molecule has 0 amide bonds. The molecule has 0 heterocycles. The number of oxime groups is 1. The van der Waals surface area contributed by atoms with E-state index in [1.807, 2.05) is 6.92 Å². The zero-order valence-electron chi connectivity index (χ0n) is 6.46. The van der Waals surface area contributed by atoms with Gasteiger partial charge in [-0.3, -0.25) is 0 Å². The van der Waals surface area contributed by atoms with Crippen LogP contribution in [0, 0.1) is 0 Å². The minimum atomic E-state index is 0.421. The summed E-state index contributed by atoms with van der Waals surface area (Å²) >= 11 is 0. The smallest absolute Gasteiger partial charge is 0.222 e. The van der Waals surface area contributed by atoms with E-state index >= 15 is 0 Å². The van der Waals surface area contributed by atoms with E-state index in [0.717, 1.165) is 0 Å². The zero-order chi connectivity index (χ0) is 7.82. The topological polar surface area (TPSA) is 30.8 Å². The van der Waals surface area contributed by atoms with Gasteiger partial charge in [-0.25, -0.2) is 0 Å². The van der Waals surface area contributed by atoms with Crippen molar-refractivity contribution in [1.29, 1.82) is 0 Å². The maximum absolute atomic E-state index is 4.98. The Hall–Kier alpha value is -0.990. The van der Waals surface area contributed by atoms with E-state index in [2.05, 4.69) is 11.7 Å². The van der Waals surface area contributed by atoms with Crippen LogP contribution in [0.5, 0.6) is 0 Å². The summed E-state index contributed by atoms with van der Waals surface area (Å²) in [5.74, 6) is 0.546. The average molecular weight is 143 g/mol. The van der Waals surface area contributed by atoms with Gasteiger partial charge in [0.05, 0.1) is 6.61 Å². The summed E-state index contributed by atoms with van der Waals surface area (Å²) in [6, 6.07) is 0. The molecule has 0 radical (unpaired) electrons. The van der Waals surface area contributed by atoms with Crippen LogP contribution in [0.25, 0.3) is 0 Å². The largest absolute Gasteiger partial charge is 0.479 e. The van der Waals surface area contributed by atoms with E-state index in [9.17, 15) is 0 Å². The molecule has 0 rings (SSSR count). The van der Waals surface area contributed by atoms with E-state index < -0.39 is 0 Å². The highest BCUT2D eigenvalue weighted by molar-refractivity contribution is 5.72. The first-order valence-electron chi connectivity index (χ1n) is 3.21. The van der Waals surface area contributed by atoms with Crippen LogP contribution in [0.1, 0.15) is 13.8 Å². The Morgan fingerprint density at radius 2 is 2.40 bits per heavy atom. The molecule has 0 atom stereocenters. The first-order valence-corrected chi connectivity index (χ1v) is 3.21. The summed E-state index contributed by atoms with van der Waals surface area (Å²) in [5, 5.41) is 3.63. The maximum Gasteiger partial charge on any atom is 0.222 e. The van der Waals surface area contributed by atoms with E-state index in [0.29, 0.717) is 19.1 Å². The summed E-state index contributed by atoms with van der Waals surface area (Å²) in [6.07, 6.45) is 1.63. The standard InChI is InChI=1S/C7H13NO2/c1-4-6-10-8-7(3)9-5-2/h4H,1,5-6H2,2-3H3/b8-7-. The summed E-state index contributed by atoms with van der Waals surface area (Å²) in [4.78, 5) is 4.74. The van der Waals surface area contributed by atoms with E-state index in [1.165, 1.54) is 0 Å². The van der Waals surface area contributed by atoms with Crippen molar-refractivity contribution in [2.45, 2.75) is 13.8 Å². The Balaban J connectivity index is 3.36. The molecule has 0 bridgehead atoms. The van der Waals surface area contributed by atoms with Gasteiger partial charge >= 0.3 is 0 Å². The highest BCUT2D eigenvalue weighted by Crippen LogP contribution is 1.83. The fraction of sp³-hybridized carbons (Fsp3) is 0.571. The SMILES string of the molecule is C=CCO/N=C(/C)OCC. The Morgan fingerprint density at radius 3 is 2.90 bits per heavy atom. The van der Waals surface area contributed by atoms with E-state index in [4.69, 9.17) is 9.57 Å². The fourth-order valence-electron chi connectivity index (χ4n) is 0.416. The Kier molecular flexibility index (Phi) is 5.53. The van der Waals surface area contributed by atoms with Gasteiger partial charge in [-0.2, -0.15) is 0 Å². The normalized spacial score (nSPS) is 10.8. The van der Waals surface area contributed by atoms with Gasteiger partial charge in [0.1, 0.15) is 6.61 Å². The van der Waals surface area contributed by atoms with Crippen LogP contribution in [0.4, 0.5) is 0 Å². The summed E-state index contributed by atoms with van der Waals surface area (Å²) < 4.78 is 4.98. The lowest BCUT2D eigenvalue weighted by molar-refractivity contribution is 0.159. The quantitative estimate of drug-likeness (QED) is 0.196. The fourth-order valence-corrected chi connectivity index (χ4v) is 0.416. The summed E-state index contributed by atoms with van der Waals surface area (Å²) in [6.45, 7) is 8.15. The third-order valence-electron chi connectivity index (χ3n) is 0.739. The van der Waals surface area contributed by atoms with Crippen LogP contribution in [0.15, 0.2) is 17.8 Å². The third-order valence-corrected chi connectivity index (χ3v) is 0.739. The molecule has 0 aromatic rings. The first kappa shape index (κ1) is 9.01. The Bertz CT molecular complexity index is 121. The molecule has 0 saturated carbocycles. The molecule has 0 unspecified atom stereocenters. The van der Waals surface area contributed by atoms with Crippen molar-refractivity contribution in [2.75, 3.05) is 13.2 Å². The van der Waals surface area contributed by atoms with Gasteiger partial charge in [0.25, 0.3) is 0 Å². The van der Waals surface area contributed by atoms with Crippen LogP contribution >= 0.6 is 0 Å². The number of hydrogen-bond donors (Lipinski definition) is 0. The van der Waals surface area contributed by atoms with Crippen LogP contribution in [-0.2, 0) is 9.57 Å². The first-order chi connectivity index (χ1) is 4.81. The van der Waals surface area contributed by atoms with Gasteiger partial charge in [-0.15, -0.1) is 0 Å². The lowest BCUT2D eigenvalue weighted by Crippen LogP contribution is -1.99. The Morgan fingerprint density at radius 1 is 1.70 bits per heavy atom. The molecule has 0 spiro atoms. The maximum atomic E-state index is 4.98. The second-order valence-electron chi connectivity index (χ2n) is 1.63. The number of hydrogen-bond acceptors (Lipinski definition) is 3. The van der Waals surface area contributed by atoms with Crippen LogP contribution < -0.4 is 0 Å². The Labute approximate surface area is 61.3 Å². The molecule has 58 valence electrons. The molecule has 0 fully saturated rings. The van der Waals surface area contributed by atoms with Crippen molar-refractivity contribution in [1.82, 2.24) is 0 Å². The third kappa shape index (κ3) is 5.15. The van der Waals surface area contributed by atoms with Gasteiger partial charge in [-0.05, 0) is 6.92 Å². The predicted molar refractivity (Wildman–Crippen MR) is 40.9 cm³/mol. The molecule has 0 aliphatic carbocycles. The van der Waals surface area contributed by atoms with Crippen molar-refractivity contribution in [3.63, 3.8) is 0 Å². The van der Waals surface area contributed by atoms with Gasteiger partial charge in [0.2, 0.25) is 5.90 Å². The molecule has 3 nitrogen and oxygen atoms in total. The van der Waals surface area contributed by atoms with Crippen molar-refractivity contribution in [2.24, 2.45) is 5.16 Å². The number of ether oxygens (including phenoxy) is 1. The van der Waals surface area contributed by atoms with Crippen molar-refractivity contribution in [3.8, 4) is 0 Å². The molecule has 0 saturated heterocycles. The summed E-state index contributed by atoms with van der Waals surface area (Å²) in [7, 11) is 0. The minimum Gasteiger partial charge on any atom is -0.479 e. The zero-order valence-corrected chi connectivity index (χ0v) is 6.46. The van der Waals surface area contributed by atoms with Crippen molar-refractivity contribution >= 4 is 5.90 Å². The molecule has 0 aromatic carbocycles. The highest BCUT2D eigenvalue weighted by atomic mass is 16.6. The van der Waals surface area contributed by atoms with Gasteiger partial charge in [0, 0.05) is 6.92 Å². The van der Waals surface area contributed by atoms with E-state index in [1.54, 1.807) is 13.0 Å². The van der Waals surface area contributed by atoms with Crippen LogP contribution in [-0.4, -0.2) is 19.1 Å². The molecule has 10 heavy (non-hydrogen) atoms. The second-order valence-corrected chi connectivity index (χ2v) is 1.63. The number of nitrogens with zero attached hydrogens (tertiary/aromatic N) is 1. The molecular weight excluding hydrogens is 130 g/mol. The predicted octanol–water partition coefficient (Wildman–Crippen LogP) is 1.56. The van der Waals surface area contributed by atoms with Gasteiger partial charge < -0.3 is 9.57 Å².